The lowest BCUT2D eigenvalue weighted by atomic mass is 10.0. The molecule has 0 aliphatic rings. The Balaban J connectivity index is 3.43. The lowest BCUT2D eigenvalue weighted by Crippen LogP contribution is -2.38. The second-order valence-corrected chi connectivity index (χ2v) is 14.2. The van der Waals surface area contributed by atoms with Crippen LogP contribution in [0.4, 0.5) is 0 Å². The summed E-state index contributed by atoms with van der Waals surface area (Å²) in [7, 11) is -0.793. The molecule has 0 rings (SSSR count). The van der Waals surface area contributed by atoms with Gasteiger partial charge in [0.25, 0.3) is 0 Å². The van der Waals surface area contributed by atoms with Crippen LogP contribution in [-0.2, 0) is 4.43 Å². The summed E-state index contributed by atoms with van der Waals surface area (Å²) in [6, 6.07) is 0. The first-order valence-corrected chi connectivity index (χ1v) is 13.1. The molecule has 26 heavy (non-hydrogen) atoms. The van der Waals surface area contributed by atoms with Crippen LogP contribution in [-0.4, -0.2) is 15.6 Å². The van der Waals surface area contributed by atoms with Gasteiger partial charge >= 0.3 is 0 Å². The van der Waals surface area contributed by atoms with Gasteiger partial charge in [0.05, 0.1) is 0 Å². The monoisotopic (exact) mass is 383 g/mol. The topological polar surface area (TPSA) is 9.23 Å². The van der Waals surface area contributed by atoms with Crippen LogP contribution < -0.4 is 0 Å². The summed E-state index contributed by atoms with van der Waals surface area (Å²) >= 11 is 0. The molecule has 0 spiro atoms. The van der Waals surface area contributed by atoms with Crippen LogP contribution in [0.15, 0.2) is 0 Å². The van der Waals surface area contributed by atoms with E-state index in [0.29, 0.717) is 10.1 Å². The van der Waals surface area contributed by atoms with Crippen molar-refractivity contribution in [2.24, 2.45) is 0 Å². The molecule has 0 bridgehead atoms. The Hall–Kier alpha value is 0.177. The van der Waals surface area contributed by atoms with Crippen molar-refractivity contribution in [1.82, 2.24) is 0 Å². The SMILES string of the molecule is CCCCCCCCCCCCCCCCO[Si](C(C)(C)C)C(C)(C)C. The minimum Gasteiger partial charge on any atom is -0.416 e. The van der Waals surface area contributed by atoms with Crippen molar-refractivity contribution in [3.05, 3.63) is 0 Å². The van der Waals surface area contributed by atoms with Crippen molar-refractivity contribution in [2.75, 3.05) is 6.61 Å². The Morgan fingerprint density at radius 3 is 1.12 bits per heavy atom. The molecule has 0 heterocycles. The Morgan fingerprint density at radius 2 is 0.808 bits per heavy atom. The fraction of sp³-hybridized carbons (Fsp3) is 1.00. The van der Waals surface area contributed by atoms with Crippen LogP contribution >= 0.6 is 0 Å². The number of hydrogen-bond acceptors (Lipinski definition) is 1. The Morgan fingerprint density at radius 1 is 0.500 bits per heavy atom. The van der Waals surface area contributed by atoms with Crippen LogP contribution in [0.1, 0.15) is 138 Å². The van der Waals surface area contributed by atoms with Crippen molar-refractivity contribution in [2.45, 2.75) is 148 Å². The third-order valence-electron chi connectivity index (χ3n) is 5.11. The van der Waals surface area contributed by atoms with Crippen LogP contribution in [0.5, 0.6) is 0 Å². The Bertz CT molecular complexity index is 286. The van der Waals surface area contributed by atoms with Crippen molar-refractivity contribution in [3.8, 4) is 0 Å². The van der Waals surface area contributed by atoms with E-state index in [1.807, 2.05) is 0 Å². The first-order valence-electron chi connectivity index (χ1n) is 11.7. The number of rotatable bonds is 16. The second-order valence-electron chi connectivity index (χ2n) is 10.3. The van der Waals surface area contributed by atoms with Gasteiger partial charge in [0.2, 0.25) is 9.04 Å². The van der Waals surface area contributed by atoms with E-state index in [1.54, 1.807) is 0 Å². The van der Waals surface area contributed by atoms with E-state index >= 15 is 0 Å². The highest BCUT2D eigenvalue weighted by Gasteiger charge is 2.39. The quantitative estimate of drug-likeness (QED) is 0.191. The van der Waals surface area contributed by atoms with Gasteiger partial charge in [-0.05, 0) is 16.5 Å². The fourth-order valence-electron chi connectivity index (χ4n) is 4.03. The zero-order valence-electron chi connectivity index (χ0n) is 19.5. The summed E-state index contributed by atoms with van der Waals surface area (Å²) in [6.45, 7) is 17.3. The zero-order valence-corrected chi connectivity index (χ0v) is 20.5. The zero-order chi connectivity index (χ0) is 19.9. The van der Waals surface area contributed by atoms with E-state index in [4.69, 9.17) is 4.43 Å². The molecule has 0 atom stereocenters. The van der Waals surface area contributed by atoms with E-state index < -0.39 is 9.04 Å². The normalized spacial score (nSPS) is 12.9. The molecule has 1 radical (unpaired) electrons. The van der Waals surface area contributed by atoms with E-state index in [0.717, 1.165) is 6.61 Å². The lowest BCUT2D eigenvalue weighted by molar-refractivity contribution is 0.272. The Labute approximate surface area is 168 Å². The highest BCUT2D eigenvalue weighted by Crippen LogP contribution is 2.42. The van der Waals surface area contributed by atoms with E-state index in [9.17, 15) is 0 Å². The minimum absolute atomic E-state index is 0.318. The summed E-state index contributed by atoms with van der Waals surface area (Å²) in [6.07, 6.45) is 19.9. The van der Waals surface area contributed by atoms with Gasteiger partial charge in [-0.25, -0.2) is 0 Å². The van der Waals surface area contributed by atoms with Crippen molar-refractivity contribution < 1.29 is 4.43 Å². The summed E-state index contributed by atoms with van der Waals surface area (Å²) in [5.74, 6) is 0. The summed E-state index contributed by atoms with van der Waals surface area (Å²) < 4.78 is 6.38. The van der Waals surface area contributed by atoms with Crippen LogP contribution in [0, 0.1) is 0 Å². The van der Waals surface area contributed by atoms with Gasteiger partial charge < -0.3 is 4.43 Å². The predicted molar refractivity (Wildman–Crippen MR) is 121 cm³/mol. The molecule has 0 aliphatic carbocycles. The van der Waals surface area contributed by atoms with Gasteiger partial charge in [-0.2, -0.15) is 0 Å². The predicted octanol–water partition coefficient (Wildman–Crippen LogP) is 9.08. The summed E-state index contributed by atoms with van der Waals surface area (Å²) in [5.41, 5.74) is 0. The van der Waals surface area contributed by atoms with Crippen LogP contribution in [0.2, 0.25) is 10.1 Å². The second kappa shape index (κ2) is 15.1. The third kappa shape index (κ3) is 15.3. The first kappa shape index (κ1) is 26.2. The smallest absolute Gasteiger partial charge is 0.222 e. The van der Waals surface area contributed by atoms with Gasteiger partial charge in [0.15, 0.2) is 0 Å². The van der Waals surface area contributed by atoms with E-state index in [-0.39, 0.29) is 0 Å². The van der Waals surface area contributed by atoms with E-state index in [1.165, 1.54) is 89.9 Å². The molecular formula is C24H51OSi. The van der Waals surface area contributed by atoms with Gasteiger partial charge in [-0.15, -0.1) is 0 Å². The molecule has 0 fully saturated rings. The minimum atomic E-state index is -0.793. The van der Waals surface area contributed by atoms with Gasteiger partial charge in [-0.3, -0.25) is 0 Å². The number of hydrogen-bond donors (Lipinski definition) is 0. The van der Waals surface area contributed by atoms with Gasteiger partial charge in [0, 0.05) is 6.61 Å². The van der Waals surface area contributed by atoms with Crippen LogP contribution in [0.3, 0.4) is 0 Å². The highest BCUT2D eigenvalue weighted by molar-refractivity contribution is 6.58. The third-order valence-corrected chi connectivity index (χ3v) is 8.32. The molecule has 0 amide bonds. The fourth-order valence-corrected chi connectivity index (χ4v) is 7.49. The molecule has 0 aromatic carbocycles. The maximum Gasteiger partial charge on any atom is 0.222 e. The molecule has 0 saturated heterocycles. The molecule has 0 aromatic rings. The maximum atomic E-state index is 6.38. The highest BCUT2D eigenvalue weighted by atomic mass is 28.3. The largest absolute Gasteiger partial charge is 0.416 e. The van der Waals surface area contributed by atoms with Crippen molar-refractivity contribution in [3.63, 3.8) is 0 Å². The van der Waals surface area contributed by atoms with Gasteiger partial charge in [-0.1, -0.05) is 132 Å². The molecule has 0 aliphatic heterocycles. The van der Waals surface area contributed by atoms with Gasteiger partial charge in [0.1, 0.15) is 0 Å². The van der Waals surface area contributed by atoms with Crippen LogP contribution in [0.25, 0.3) is 0 Å². The average molecular weight is 384 g/mol. The standard InChI is InChI=1S/C24H51OSi/c1-8-9-10-11-12-13-14-15-16-17-18-19-20-21-22-25-26(23(2,3)4)24(5,6)7/h8-22H2,1-7H3. The molecule has 0 unspecified atom stereocenters. The molecule has 157 valence electrons. The first-order chi connectivity index (χ1) is 12.2. The molecule has 0 aromatic heterocycles. The Kier molecular flexibility index (Phi) is 15.2. The number of unbranched alkanes of at least 4 members (excludes halogenated alkanes) is 13. The van der Waals surface area contributed by atoms with E-state index in [2.05, 4.69) is 48.5 Å². The molecule has 0 saturated carbocycles. The lowest BCUT2D eigenvalue weighted by Gasteiger charge is -2.37. The molecule has 2 heteroatoms. The molecular weight excluding hydrogens is 332 g/mol. The molecule has 1 nitrogen and oxygen atoms in total. The summed E-state index contributed by atoms with van der Waals surface area (Å²) in [4.78, 5) is 0. The maximum absolute atomic E-state index is 6.38. The average Bonchev–Trinajstić information content (AvgIpc) is 2.52. The molecule has 0 N–H and O–H groups in total. The van der Waals surface area contributed by atoms with Crippen molar-refractivity contribution >= 4 is 9.04 Å². The van der Waals surface area contributed by atoms with Crippen molar-refractivity contribution in [1.29, 1.82) is 0 Å². The summed E-state index contributed by atoms with van der Waals surface area (Å²) in [5, 5.41) is 0.637.